The molecule has 8 nitrogen and oxygen atoms in total. The highest BCUT2D eigenvalue weighted by atomic mass is 32.2. The predicted octanol–water partition coefficient (Wildman–Crippen LogP) is 1.49. The first-order chi connectivity index (χ1) is 12.4. The highest BCUT2D eigenvalue weighted by molar-refractivity contribution is 7.89. The Morgan fingerprint density at radius 1 is 1.12 bits per heavy atom. The summed E-state index contributed by atoms with van der Waals surface area (Å²) in [6.45, 7) is 0.0519. The van der Waals surface area contributed by atoms with Gasteiger partial charge in [0.1, 0.15) is 6.04 Å². The van der Waals surface area contributed by atoms with Gasteiger partial charge in [-0.1, -0.05) is 18.2 Å². The van der Waals surface area contributed by atoms with Crippen molar-refractivity contribution < 1.29 is 23.1 Å². The van der Waals surface area contributed by atoms with Gasteiger partial charge in [-0.2, -0.15) is 0 Å². The molecule has 26 heavy (non-hydrogen) atoms. The normalized spacial score (nSPS) is 16.3. The number of carboxylic acid groups (broad SMARTS) is 1. The van der Waals surface area contributed by atoms with E-state index in [0.29, 0.717) is 11.4 Å². The molecule has 0 spiro atoms. The molecule has 0 fully saturated rings. The summed E-state index contributed by atoms with van der Waals surface area (Å²) >= 11 is 0. The molecule has 1 amide bonds. The molecule has 1 atom stereocenters. The molecule has 2 aromatic rings. The van der Waals surface area contributed by atoms with Gasteiger partial charge >= 0.3 is 5.97 Å². The molecule has 1 heterocycles. The van der Waals surface area contributed by atoms with Gasteiger partial charge in [-0.15, -0.1) is 0 Å². The highest BCUT2D eigenvalue weighted by Crippen LogP contribution is 2.28. The number of nitrogens with one attached hydrogen (secondary N) is 3. The van der Waals surface area contributed by atoms with E-state index in [4.69, 9.17) is 5.11 Å². The van der Waals surface area contributed by atoms with Gasteiger partial charge in [0, 0.05) is 6.54 Å². The van der Waals surface area contributed by atoms with Gasteiger partial charge < -0.3 is 15.7 Å². The third-order valence-electron chi connectivity index (χ3n) is 3.95. The van der Waals surface area contributed by atoms with Crippen LogP contribution in [0.1, 0.15) is 16.8 Å². The number of carboxylic acids is 1. The van der Waals surface area contributed by atoms with Gasteiger partial charge in [0.25, 0.3) is 0 Å². The Bertz CT molecular complexity index is 944. The number of carbonyl (C=O) groups excluding carboxylic acids is 1. The van der Waals surface area contributed by atoms with Crippen LogP contribution in [0.3, 0.4) is 0 Å². The number of hydrogen-bond donors (Lipinski definition) is 4. The summed E-state index contributed by atoms with van der Waals surface area (Å²) in [5.41, 5.74) is 1.07. The monoisotopic (exact) mass is 375 g/mol. The Morgan fingerprint density at radius 3 is 2.54 bits per heavy atom. The van der Waals surface area contributed by atoms with E-state index in [1.165, 1.54) is 30.3 Å². The summed E-state index contributed by atoms with van der Waals surface area (Å²) in [4.78, 5) is 23.3. The van der Waals surface area contributed by atoms with Gasteiger partial charge in [0.2, 0.25) is 15.9 Å². The number of aromatic carboxylic acids is 1. The van der Waals surface area contributed by atoms with E-state index in [1.54, 1.807) is 18.2 Å². The van der Waals surface area contributed by atoms with Crippen LogP contribution in [0.2, 0.25) is 0 Å². The average Bonchev–Trinajstić information content (AvgIpc) is 2.62. The van der Waals surface area contributed by atoms with Crippen LogP contribution in [-0.2, 0) is 14.8 Å². The SMILES string of the molecule is O=C(O)c1ccc2c(c1)NC(CCNS(=O)(=O)c1ccccc1)C(=O)N2. The Hall–Kier alpha value is -2.91. The van der Waals surface area contributed by atoms with Gasteiger partial charge in [0.15, 0.2) is 0 Å². The van der Waals surface area contributed by atoms with Gasteiger partial charge in [-0.3, -0.25) is 4.79 Å². The lowest BCUT2D eigenvalue weighted by Gasteiger charge is -2.27. The van der Waals surface area contributed by atoms with Gasteiger partial charge in [-0.05, 0) is 36.8 Å². The van der Waals surface area contributed by atoms with Crippen molar-refractivity contribution in [2.75, 3.05) is 17.2 Å². The predicted molar refractivity (Wildman–Crippen MR) is 95.7 cm³/mol. The van der Waals surface area contributed by atoms with E-state index < -0.39 is 22.0 Å². The molecule has 1 aliphatic heterocycles. The molecular formula is C17H17N3O5S. The smallest absolute Gasteiger partial charge is 0.335 e. The minimum Gasteiger partial charge on any atom is -0.478 e. The standard InChI is InChI=1S/C17H17N3O5S/c21-16-14(8-9-18-26(24,25)12-4-2-1-3-5-12)19-15-10-11(17(22)23)6-7-13(15)20-16/h1-7,10,14,18-19H,8-9H2,(H,20,21)(H,22,23). The minimum atomic E-state index is -3.64. The molecule has 2 aromatic carbocycles. The molecule has 4 N–H and O–H groups in total. The van der Waals surface area contributed by atoms with Crippen LogP contribution in [0, 0.1) is 0 Å². The second-order valence-corrected chi connectivity index (χ2v) is 7.52. The lowest BCUT2D eigenvalue weighted by molar-refractivity contribution is -0.117. The van der Waals surface area contributed by atoms with E-state index in [9.17, 15) is 18.0 Å². The number of benzene rings is 2. The highest BCUT2D eigenvalue weighted by Gasteiger charge is 2.26. The number of amides is 1. The van der Waals surface area contributed by atoms with Crippen LogP contribution in [0.4, 0.5) is 11.4 Å². The Kier molecular flexibility index (Phi) is 4.92. The molecule has 0 saturated heterocycles. The van der Waals surface area contributed by atoms with Crippen molar-refractivity contribution in [3.05, 3.63) is 54.1 Å². The van der Waals surface area contributed by atoms with Crippen LogP contribution in [0.25, 0.3) is 0 Å². The number of carbonyl (C=O) groups is 2. The lowest BCUT2D eigenvalue weighted by atomic mass is 10.1. The third kappa shape index (κ3) is 3.84. The maximum atomic E-state index is 12.2. The van der Waals surface area contributed by atoms with Gasteiger partial charge in [0.05, 0.1) is 21.8 Å². The summed E-state index contributed by atoms with van der Waals surface area (Å²) in [6.07, 6.45) is 0.203. The summed E-state index contributed by atoms with van der Waals surface area (Å²) in [5.74, 6) is -1.38. The Morgan fingerprint density at radius 2 is 1.85 bits per heavy atom. The van der Waals surface area contributed by atoms with Crippen LogP contribution in [0.15, 0.2) is 53.4 Å². The number of sulfonamides is 1. The average molecular weight is 375 g/mol. The summed E-state index contributed by atoms with van der Waals surface area (Å²) < 4.78 is 26.8. The van der Waals surface area contributed by atoms with Crippen LogP contribution in [-0.4, -0.2) is 38.0 Å². The molecule has 0 saturated carbocycles. The minimum absolute atomic E-state index is 0.0519. The first-order valence-electron chi connectivity index (χ1n) is 7.86. The Balaban J connectivity index is 1.65. The maximum Gasteiger partial charge on any atom is 0.335 e. The fourth-order valence-corrected chi connectivity index (χ4v) is 3.67. The van der Waals surface area contributed by atoms with E-state index in [0.717, 1.165) is 0 Å². The van der Waals surface area contributed by atoms with E-state index in [1.807, 2.05) is 0 Å². The second-order valence-electron chi connectivity index (χ2n) is 5.75. The third-order valence-corrected chi connectivity index (χ3v) is 5.43. The molecule has 3 rings (SSSR count). The molecule has 9 heteroatoms. The molecule has 0 aromatic heterocycles. The van der Waals surface area contributed by atoms with Crippen molar-refractivity contribution in [1.82, 2.24) is 4.72 Å². The molecule has 0 aliphatic carbocycles. The number of hydrogen-bond acceptors (Lipinski definition) is 5. The number of anilines is 2. The Labute approximate surface area is 150 Å². The molecular weight excluding hydrogens is 358 g/mol. The van der Waals surface area contributed by atoms with Crippen molar-refractivity contribution >= 4 is 33.3 Å². The topological polar surface area (TPSA) is 125 Å². The van der Waals surface area contributed by atoms with E-state index >= 15 is 0 Å². The molecule has 136 valence electrons. The lowest BCUT2D eigenvalue weighted by Crippen LogP contribution is -2.41. The number of fused-ring (bicyclic) bond motifs is 1. The second kappa shape index (κ2) is 7.14. The fourth-order valence-electron chi connectivity index (χ4n) is 2.60. The van der Waals surface area contributed by atoms with Crippen LogP contribution >= 0.6 is 0 Å². The molecule has 1 aliphatic rings. The summed E-state index contributed by atoms with van der Waals surface area (Å²) in [5, 5.41) is 14.7. The van der Waals surface area contributed by atoms with Crippen molar-refractivity contribution in [2.24, 2.45) is 0 Å². The van der Waals surface area contributed by atoms with E-state index in [-0.39, 0.29) is 29.3 Å². The van der Waals surface area contributed by atoms with Crippen LogP contribution < -0.4 is 15.4 Å². The first-order valence-corrected chi connectivity index (χ1v) is 9.34. The molecule has 0 bridgehead atoms. The van der Waals surface area contributed by atoms with Crippen molar-refractivity contribution in [3.63, 3.8) is 0 Å². The number of rotatable bonds is 6. The summed E-state index contributed by atoms with van der Waals surface area (Å²) in [6, 6.07) is 11.6. The molecule has 0 radical (unpaired) electrons. The maximum absolute atomic E-state index is 12.2. The van der Waals surface area contributed by atoms with Gasteiger partial charge in [-0.25, -0.2) is 17.9 Å². The van der Waals surface area contributed by atoms with Crippen molar-refractivity contribution in [1.29, 1.82) is 0 Å². The first kappa shape index (κ1) is 17.9. The quantitative estimate of drug-likeness (QED) is 0.606. The molecule has 1 unspecified atom stereocenters. The van der Waals surface area contributed by atoms with Crippen molar-refractivity contribution in [3.8, 4) is 0 Å². The summed E-state index contributed by atoms with van der Waals surface area (Å²) in [7, 11) is -3.64. The zero-order chi connectivity index (χ0) is 18.7. The van der Waals surface area contributed by atoms with Crippen LogP contribution in [0.5, 0.6) is 0 Å². The zero-order valence-electron chi connectivity index (χ0n) is 13.6. The van der Waals surface area contributed by atoms with Crippen molar-refractivity contribution in [2.45, 2.75) is 17.4 Å². The fraction of sp³-hybridized carbons (Fsp3) is 0.176. The van der Waals surface area contributed by atoms with E-state index in [2.05, 4.69) is 15.4 Å². The zero-order valence-corrected chi connectivity index (χ0v) is 14.4. The largest absolute Gasteiger partial charge is 0.478 e.